The second kappa shape index (κ2) is 4.18. The molecule has 0 N–H and O–H groups in total. The summed E-state index contributed by atoms with van der Waals surface area (Å²) >= 11 is 0.391. The zero-order valence-corrected chi connectivity index (χ0v) is 9.85. The van der Waals surface area contributed by atoms with Crippen molar-refractivity contribution in [2.45, 2.75) is 24.3 Å². The van der Waals surface area contributed by atoms with Crippen molar-refractivity contribution in [2.75, 3.05) is 0 Å². The van der Waals surface area contributed by atoms with E-state index in [9.17, 15) is 0 Å². The van der Waals surface area contributed by atoms with Gasteiger partial charge >= 0.3 is 19.6 Å². The highest BCUT2D eigenvalue weighted by molar-refractivity contribution is 6.91. The Bertz CT molecular complexity index is 41.4. The fourth-order valence-corrected chi connectivity index (χ4v) is 0. The molecule has 0 aromatic heterocycles. The molecule has 0 amide bonds. The number of halogens is 1. The van der Waals surface area contributed by atoms with Crippen molar-refractivity contribution in [3.05, 3.63) is 0 Å². The van der Waals surface area contributed by atoms with Crippen molar-refractivity contribution >= 4 is 39.9 Å². The highest BCUT2D eigenvalue weighted by Gasteiger charge is 2.07. The van der Waals surface area contributed by atoms with E-state index in [0.717, 1.165) is 3.54 Å². The molecule has 0 fully saturated rings. The molecule has 3 heteroatoms. The first-order valence-corrected chi connectivity index (χ1v) is 8.92. The first-order valence-electron chi connectivity index (χ1n) is 2.56. The van der Waals surface area contributed by atoms with Gasteiger partial charge < -0.3 is 0 Å². The summed E-state index contributed by atoms with van der Waals surface area (Å²) < 4.78 is 0.742. The van der Waals surface area contributed by atoms with E-state index in [1.807, 2.05) is 0 Å². The fourth-order valence-electron chi connectivity index (χ4n) is 0. The molecule has 7 heavy (non-hydrogen) atoms. The van der Waals surface area contributed by atoms with E-state index in [0.29, 0.717) is 19.6 Å². The Kier molecular flexibility index (Phi) is 6.64. The van der Waals surface area contributed by atoms with Gasteiger partial charge in [-0.2, -0.15) is 0 Å². The molecule has 0 bridgehead atoms. The Balaban J connectivity index is 0. The fraction of sp³-hybridized carbons (Fsp3) is 1.00. The summed E-state index contributed by atoms with van der Waals surface area (Å²) in [6.45, 7) is 7.02. The van der Waals surface area contributed by atoms with E-state index in [1.165, 1.54) is 7.89 Å². The van der Waals surface area contributed by atoms with E-state index in [-0.39, 0.29) is 12.4 Å². The van der Waals surface area contributed by atoms with Crippen LogP contribution in [0.25, 0.3) is 0 Å². The van der Waals surface area contributed by atoms with Crippen molar-refractivity contribution in [2.24, 2.45) is 0 Å². The van der Waals surface area contributed by atoms with Gasteiger partial charge in [0.25, 0.3) is 0 Å². The second-order valence-electron chi connectivity index (χ2n) is 2.91. The molecule has 0 rings (SSSR count). The summed E-state index contributed by atoms with van der Waals surface area (Å²) in [5, 5.41) is 0. The minimum atomic E-state index is 0. The smallest absolute Gasteiger partial charge is 0.147 e. The van der Waals surface area contributed by atoms with Gasteiger partial charge in [-0.15, -0.1) is 23.8 Å². The molecule has 0 aliphatic carbocycles. The van der Waals surface area contributed by atoms with Gasteiger partial charge in [-0.3, -0.25) is 0 Å². The second-order valence-corrected chi connectivity index (χ2v) is 7.86. The van der Waals surface area contributed by atoms with Crippen molar-refractivity contribution in [3.63, 3.8) is 0 Å². The number of hydrogen-bond donors (Lipinski definition) is 0. The monoisotopic (exact) mass is 148 g/mol. The molecular weight excluding hydrogens is 136 g/mol. The molecule has 0 radical (unpaired) electrons. The Hall–Kier alpha value is 1.27. The van der Waals surface area contributed by atoms with Crippen LogP contribution in [0.5, 0.6) is 0 Å². The molecule has 0 aromatic carbocycles. The van der Waals surface area contributed by atoms with Gasteiger partial charge in [0, 0.05) is 0 Å². The van der Waals surface area contributed by atoms with E-state index in [2.05, 4.69) is 20.8 Å². The quantitative estimate of drug-likeness (QED) is 0.442. The first kappa shape index (κ1) is 11.1. The van der Waals surface area contributed by atoms with Crippen LogP contribution < -0.4 is 0 Å². The van der Waals surface area contributed by atoms with Crippen LogP contribution in [0.2, 0.25) is 3.54 Å². The van der Waals surface area contributed by atoms with Crippen molar-refractivity contribution in [1.29, 1.82) is 0 Å². The van der Waals surface area contributed by atoms with Crippen LogP contribution in [0, 0.1) is 0 Å². The van der Waals surface area contributed by atoms with Crippen LogP contribution in [0.15, 0.2) is 0 Å². The molecule has 0 aliphatic rings. The summed E-state index contributed by atoms with van der Waals surface area (Å²) in [5.41, 5.74) is 0. The van der Waals surface area contributed by atoms with Gasteiger partial charge in [0.2, 0.25) is 0 Å². The summed E-state index contributed by atoms with van der Waals surface area (Å²) in [4.78, 5) is 0. The van der Waals surface area contributed by atoms with Crippen molar-refractivity contribution in [3.8, 4) is 0 Å². The lowest BCUT2D eigenvalue weighted by Crippen LogP contribution is -2.06. The summed E-state index contributed by atoms with van der Waals surface area (Å²) in [6, 6.07) is 0. The summed E-state index contributed by atoms with van der Waals surface area (Å²) in [5.74, 6) is 0. The largest absolute Gasteiger partial charge is 0.358 e. The van der Waals surface area contributed by atoms with Crippen LogP contribution >= 0.6 is 12.4 Å². The third kappa shape index (κ3) is 11.1. The molecule has 0 spiro atoms. The Morgan fingerprint density at radius 1 is 1.29 bits per heavy atom. The normalized spacial score (nSPS) is 9.57. The average molecular weight is 149 g/mol. The van der Waals surface area contributed by atoms with Gasteiger partial charge in [-0.1, -0.05) is 20.8 Å². The van der Waals surface area contributed by atoms with E-state index in [4.69, 9.17) is 0 Å². The maximum absolute atomic E-state index is 2.34. The van der Waals surface area contributed by atoms with Crippen LogP contribution in [-0.4, -0.2) is 27.5 Å². The summed E-state index contributed by atoms with van der Waals surface area (Å²) in [6.07, 6.45) is 0. The van der Waals surface area contributed by atoms with Crippen LogP contribution in [-0.2, 0) is 0 Å². The Morgan fingerprint density at radius 2 is 1.43 bits per heavy atom. The van der Waals surface area contributed by atoms with Crippen molar-refractivity contribution < 1.29 is 0 Å². The van der Waals surface area contributed by atoms with E-state index < -0.39 is 0 Å². The molecule has 0 saturated carbocycles. The molecule has 0 unspecified atom stereocenters. The van der Waals surface area contributed by atoms with Crippen LogP contribution in [0.3, 0.4) is 0 Å². The average Bonchev–Trinajstić information content (AvgIpc) is 1.35. The predicted octanol–water partition coefficient (Wildman–Crippen LogP) is 0.611. The predicted molar refractivity (Wildman–Crippen MR) is 42.7 cm³/mol. The third-order valence-electron chi connectivity index (χ3n) is 1.06. The molecule has 0 heterocycles. The summed E-state index contributed by atoms with van der Waals surface area (Å²) in [7, 11) is 1.49. The van der Waals surface area contributed by atoms with E-state index in [1.54, 1.807) is 0 Å². The SMILES string of the molecule is C[C](C)(C)[Mg][SiH3].Cl. The maximum Gasteiger partial charge on any atom is 0.358 e. The molecule has 0 atom stereocenters. The van der Waals surface area contributed by atoms with Crippen molar-refractivity contribution in [1.82, 2.24) is 0 Å². The van der Waals surface area contributed by atoms with Gasteiger partial charge in [0.1, 0.15) is 0 Å². The molecule has 0 aromatic rings. The number of hydrogen-bond acceptors (Lipinski definition) is 0. The highest BCUT2D eigenvalue weighted by Crippen LogP contribution is 2.17. The molecule has 0 saturated heterocycles. The minimum absolute atomic E-state index is 0. The lowest BCUT2D eigenvalue weighted by atomic mass is 10.2. The molecule has 42 valence electrons. The zero-order valence-electron chi connectivity index (χ0n) is 5.62. The Morgan fingerprint density at radius 3 is 1.43 bits per heavy atom. The Labute approximate surface area is 64.1 Å². The lowest BCUT2D eigenvalue weighted by Gasteiger charge is -2.12. The van der Waals surface area contributed by atoms with Gasteiger partial charge in [0.15, 0.2) is 0 Å². The standard InChI is InChI=1S/C4H9.ClH.Mg.H3Si/c1-4(2)3;;;/h1-3H3;1H;;1H3. The number of rotatable bonds is 0. The van der Waals surface area contributed by atoms with Crippen LogP contribution in [0.4, 0.5) is 0 Å². The topological polar surface area (TPSA) is 0 Å². The van der Waals surface area contributed by atoms with E-state index >= 15 is 0 Å². The minimum Gasteiger partial charge on any atom is -0.147 e. The van der Waals surface area contributed by atoms with Gasteiger partial charge in [0.05, 0.1) is 0 Å². The first-order chi connectivity index (χ1) is 2.56. The maximum atomic E-state index is 2.34. The highest BCUT2D eigenvalue weighted by atomic mass is 35.5. The van der Waals surface area contributed by atoms with Gasteiger partial charge in [-0.25, -0.2) is 0 Å². The molecule has 0 nitrogen and oxygen atoms in total. The third-order valence-corrected chi connectivity index (χ3v) is 9.55. The van der Waals surface area contributed by atoms with Crippen LogP contribution in [0.1, 0.15) is 20.8 Å². The lowest BCUT2D eigenvalue weighted by molar-refractivity contribution is 0.763. The molecule has 0 aliphatic heterocycles. The molecular formula is C4H13ClMgSi. The van der Waals surface area contributed by atoms with Gasteiger partial charge in [-0.05, 0) is 0 Å². The zero-order chi connectivity index (χ0) is 5.21.